The minimum atomic E-state index is -0.589. The molecule has 0 radical (unpaired) electrons. The molecule has 0 aliphatic carbocycles. The number of thiocarbonyl (C=S) groups is 1. The van der Waals surface area contributed by atoms with Gasteiger partial charge in [0.15, 0.2) is 16.6 Å². The van der Waals surface area contributed by atoms with Gasteiger partial charge in [-0.25, -0.2) is 4.39 Å². The van der Waals surface area contributed by atoms with Crippen LogP contribution < -0.4 is 19.7 Å². The first-order chi connectivity index (χ1) is 17.3. The van der Waals surface area contributed by atoms with Crippen LogP contribution >= 0.6 is 28.1 Å². The Morgan fingerprint density at radius 3 is 2.33 bits per heavy atom. The molecule has 1 heterocycles. The predicted octanol–water partition coefficient (Wildman–Crippen LogP) is 5.57. The van der Waals surface area contributed by atoms with Crippen LogP contribution in [0, 0.1) is 5.82 Å². The Hall–Kier alpha value is -3.56. The summed E-state index contributed by atoms with van der Waals surface area (Å²) in [6, 6.07) is 16.8. The second-order valence-electron chi connectivity index (χ2n) is 7.92. The van der Waals surface area contributed by atoms with E-state index in [1.807, 2.05) is 19.1 Å². The number of anilines is 1. The van der Waals surface area contributed by atoms with E-state index in [-0.39, 0.29) is 23.1 Å². The fraction of sp³-hybridized carbons (Fsp3) is 0.148. The Bertz CT molecular complexity index is 1360. The van der Waals surface area contributed by atoms with Gasteiger partial charge in [0.2, 0.25) is 0 Å². The molecular weight excluding hydrogens is 547 g/mol. The van der Waals surface area contributed by atoms with Gasteiger partial charge >= 0.3 is 0 Å². The molecular formula is C27H22BrFN2O4S. The molecule has 0 spiro atoms. The monoisotopic (exact) mass is 568 g/mol. The molecule has 184 valence electrons. The highest BCUT2D eigenvalue weighted by atomic mass is 79.9. The van der Waals surface area contributed by atoms with E-state index < -0.39 is 11.8 Å². The van der Waals surface area contributed by atoms with Gasteiger partial charge in [0.25, 0.3) is 11.8 Å². The molecule has 0 saturated carbocycles. The normalized spacial score (nSPS) is 14.7. The van der Waals surface area contributed by atoms with Gasteiger partial charge in [0.1, 0.15) is 18.0 Å². The van der Waals surface area contributed by atoms with Crippen LogP contribution in [0.15, 0.2) is 70.7 Å². The van der Waals surface area contributed by atoms with Crippen molar-refractivity contribution in [2.75, 3.05) is 12.0 Å². The number of hydrogen-bond donors (Lipinski definition) is 1. The summed E-state index contributed by atoms with van der Waals surface area (Å²) in [4.78, 5) is 27.3. The molecule has 0 bridgehead atoms. The number of ether oxygens (including phenoxy) is 2. The van der Waals surface area contributed by atoms with Crippen LogP contribution in [0.25, 0.3) is 6.08 Å². The third kappa shape index (κ3) is 5.47. The number of nitrogens with zero attached hydrogens (tertiary/aromatic N) is 1. The topological polar surface area (TPSA) is 67.9 Å². The highest BCUT2D eigenvalue weighted by Crippen LogP contribution is 2.35. The van der Waals surface area contributed by atoms with Crippen molar-refractivity contribution in [1.29, 1.82) is 0 Å². The molecule has 2 amide bonds. The number of rotatable bonds is 7. The third-order valence-corrected chi connectivity index (χ3v) is 6.57. The lowest BCUT2D eigenvalue weighted by atomic mass is 10.1. The fourth-order valence-corrected chi connectivity index (χ4v) is 4.32. The summed E-state index contributed by atoms with van der Waals surface area (Å²) >= 11 is 8.77. The zero-order chi connectivity index (χ0) is 25.8. The van der Waals surface area contributed by atoms with Gasteiger partial charge < -0.3 is 9.47 Å². The van der Waals surface area contributed by atoms with Gasteiger partial charge in [0, 0.05) is 4.47 Å². The van der Waals surface area contributed by atoms with Gasteiger partial charge in [-0.2, -0.15) is 0 Å². The van der Waals surface area contributed by atoms with Gasteiger partial charge in [-0.3, -0.25) is 19.8 Å². The highest BCUT2D eigenvalue weighted by molar-refractivity contribution is 9.10. The quantitative estimate of drug-likeness (QED) is 0.229. The van der Waals surface area contributed by atoms with Crippen molar-refractivity contribution in [2.45, 2.75) is 20.0 Å². The van der Waals surface area contributed by atoms with Gasteiger partial charge in [-0.05, 0) is 77.8 Å². The van der Waals surface area contributed by atoms with Crippen LogP contribution in [0.3, 0.4) is 0 Å². The van der Waals surface area contributed by atoms with Crippen LogP contribution in [0.2, 0.25) is 0 Å². The molecule has 1 N–H and O–H groups in total. The first-order valence-corrected chi connectivity index (χ1v) is 12.3. The Labute approximate surface area is 221 Å². The standard InChI is InChI=1S/C27H22BrFN2O4S/c1-3-16-6-10-20(11-7-16)31-26(33)21(25(32)30-27(31)36)12-18-13-23(34-2)24(14-22(18)28)35-15-17-4-8-19(29)9-5-17/h4-14H,3,15H2,1-2H3,(H,30,32,36)/b21-12+. The molecule has 1 aliphatic heterocycles. The summed E-state index contributed by atoms with van der Waals surface area (Å²) in [7, 11) is 1.49. The Morgan fingerprint density at radius 1 is 1.03 bits per heavy atom. The zero-order valence-corrected chi connectivity index (χ0v) is 21.9. The first kappa shape index (κ1) is 25.5. The Balaban J connectivity index is 1.62. The number of amides is 2. The average molecular weight is 569 g/mol. The fourth-order valence-electron chi connectivity index (χ4n) is 3.60. The summed E-state index contributed by atoms with van der Waals surface area (Å²) in [5.41, 5.74) is 2.92. The minimum absolute atomic E-state index is 0.0209. The average Bonchev–Trinajstić information content (AvgIpc) is 2.87. The maximum Gasteiger partial charge on any atom is 0.270 e. The van der Waals surface area contributed by atoms with Crippen molar-refractivity contribution in [3.63, 3.8) is 0 Å². The molecule has 1 saturated heterocycles. The molecule has 6 nitrogen and oxygen atoms in total. The van der Waals surface area contributed by atoms with E-state index in [4.69, 9.17) is 21.7 Å². The van der Waals surface area contributed by atoms with E-state index in [1.165, 1.54) is 30.2 Å². The lowest BCUT2D eigenvalue weighted by Gasteiger charge is -2.29. The maximum atomic E-state index is 13.3. The molecule has 0 unspecified atom stereocenters. The van der Waals surface area contributed by atoms with Crippen molar-refractivity contribution in [3.8, 4) is 11.5 Å². The largest absolute Gasteiger partial charge is 0.493 e. The molecule has 3 aromatic carbocycles. The summed E-state index contributed by atoms with van der Waals surface area (Å²) in [6.45, 7) is 2.24. The van der Waals surface area contributed by atoms with Crippen LogP contribution in [-0.4, -0.2) is 24.0 Å². The first-order valence-electron chi connectivity index (χ1n) is 11.1. The molecule has 3 aromatic rings. The molecule has 1 aliphatic rings. The molecule has 4 rings (SSSR count). The number of hydrogen-bond acceptors (Lipinski definition) is 5. The van der Waals surface area contributed by atoms with Crippen molar-refractivity contribution in [2.24, 2.45) is 0 Å². The number of carbonyl (C=O) groups excluding carboxylic acids is 2. The van der Waals surface area contributed by atoms with Crippen molar-refractivity contribution in [1.82, 2.24) is 5.32 Å². The lowest BCUT2D eigenvalue weighted by molar-refractivity contribution is -0.122. The van der Waals surface area contributed by atoms with Crippen molar-refractivity contribution < 1.29 is 23.5 Å². The highest BCUT2D eigenvalue weighted by Gasteiger charge is 2.34. The van der Waals surface area contributed by atoms with Crippen molar-refractivity contribution in [3.05, 3.63) is 93.2 Å². The van der Waals surface area contributed by atoms with Crippen LogP contribution in [0.1, 0.15) is 23.6 Å². The predicted molar refractivity (Wildman–Crippen MR) is 143 cm³/mol. The molecule has 0 aromatic heterocycles. The lowest BCUT2D eigenvalue weighted by Crippen LogP contribution is -2.54. The number of carbonyl (C=O) groups is 2. The van der Waals surface area contributed by atoms with E-state index in [9.17, 15) is 14.0 Å². The molecule has 0 atom stereocenters. The second-order valence-corrected chi connectivity index (χ2v) is 9.16. The van der Waals surface area contributed by atoms with E-state index in [1.54, 1.807) is 36.4 Å². The van der Waals surface area contributed by atoms with E-state index in [2.05, 4.69) is 21.2 Å². The number of halogens is 2. The minimum Gasteiger partial charge on any atom is -0.493 e. The summed E-state index contributed by atoms with van der Waals surface area (Å²) in [5.74, 6) is -0.605. The van der Waals surface area contributed by atoms with Crippen LogP contribution in [0.4, 0.5) is 10.1 Å². The van der Waals surface area contributed by atoms with Gasteiger partial charge in [-0.1, -0.05) is 47.1 Å². The molecule has 36 heavy (non-hydrogen) atoms. The summed E-state index contributed by atoms with van der Waals surface area (Å²) in [6.07, 6.45) is 2.34. The number of nitrogens with one attached hydrogen (secondary N) is 1. The summed E-state index contributed by atoms with van der Waals surface area (Å²) in [5, 5.41) is 2.61. The third-order valence-electron chi connectivity index (χ3n) is 5.59. The zero-order valence-electron chi connectivity index (χ0n) is 19.5. The van der Waals surface area contributed by atoms with E-state index in [0.29, 0.717) is 27.2 Å². The smallest absolute Gasteiger partial charge is 0.270 e. The van der Waals surface area contributed by atoms with Crippen LogP contribution in [0.5, 0.6) is 11.5 Å². The molecule has 1 fully saturated rings. The number of benzene rings is 3. The van der Waals surface area contributed by atoms with Crippen LogP contribution in [-0.2, 0) is 22.6 Å². The van der Waals surface area contributed by atoms with Gasteiger partial charge in [0.05, 0.1) is 12.8 Å². The van der Waals surface area contributed by atoms with E-state index >= 15 is 0 Å². The number of aryl methyl sites for hydroxylation is 1. The Morgan fingerprint density at radius 2 is 1.69 bits per heavy atom. The van der Waals surface area contributed by atoms with Gasteiger partial charge in [-0.15, -0.1) is 0 Å². The molecule has 9 heteroatoms. The Kier molecular flexibility index (Phi) is 7.81. The second kappa shape index (κ2) is 11.0. The number of methoxy groups -OCH3 is 1. The summed E-state index contributed by atoms with van der Waals surface area (Å²) < 4.78 is 25.1. The SMILES string of the molecule is CCc1ccc(N2C(=O)/C(=C/c3cc(OC)c(OCc4ccc(F)cc4)cc3Br)C(=O)NC2=S)cc1. The van der Waals surface area contributed by atoms with Crippen molar-refractivity contribution >= 4 is 56.8 Å². The maximum absolute atomic E-state index is 13.3. The van der Waals surface area contributed by atoms with E-state index in [0.717, 1.165) is 17.5 Å².